The van der Waals surface area contributed by atoms with Crippen LogP contribution in [0.2, 0.25) is 0 Å². The quantitative estimate of drug-likeness (QED) is 0.891. The molecule has 0 unspecified atom stereocenters. The SMILES string of the molecule is CCNc1nccc(C(=O)NC2C(C)(C)C2(C)C)c1F. The molecule has 1 aromatic heterocycles. The molecule has 20 heavy (non-hydrogen) atoms. The number of amides is 1. The molecule has 0 saturated heterocycles. The second kappa shape index (κ2) is 4.72. The van der Waals surface area contributed by atoms with Gasteiger partial charge in [-0.1, -0.05) is 27.7 Å². The normalized spacial score (nSPS) is 19.5. The van der Waals surface area contributed by atoms with Crippen molar-refractivity contribution in [3.05, 3.63) is 23.6 Å². The first-order chi connectivity index (χ1) is 9.23. The second-order valence-corrected chi connectivity index (χ2v) is 6.40. The van der Waals surface area contributed by atoms with Gasteiger partial charge in [-0.3, -0.25) is 4.79 Å². The Morgan fingerprint density at radius 1 is 1.35 bits per heavy atom. The van der Waals surface area contributed by atoms with Crippen LogP contribution in [0.1, 0.15) is 45.0 Å². The molecule has 5 heteroatoms. The number of carbonyl (C=O) groups is 1. The van der Waals surface area contributed by atoms with E-state index in [1.807, 2.05) is 6.92 Å². The van der Waals surface area contributed by atoms with Crippen LogP contribution in [0.3, 0.4) is 0 Å². The summed E-state index contributed by atoms with van der Waals surface area (Å²) in [7, 11) is 0. The van der Waals surface area contributed by atoms with Gasteiger partial charge in [0.05, 0.1) is 5.56 Å². The topological polar surface area (TPSA) is 54.0 Å². The zero-order chi connectivity index (χ0) is 15.1. The largest absolute Gasteiger partial charge is 0.368 e. The van der Waals surface area contributed by atoms with Crippen molar-refractivity contribution in [1.29, 1.82) is 0 Å². The summed E-state index contributed by atoms with van der Waals surface area (Å²) in [4.78, 5) is 16.1. The maximum Gasteiger partial charge on any atom is 0.254 e. The van der Waals surface area contributed by atoms with Gasteiger partial charge in [-0.25, -0.2) is 9.37 Å². The standard InChI is InChI=1S/C15H22FN3O/c1-6-17-11-10(16)9(7-8-18-11)12(20)19-13-14(2,3)15(13,4)5/h7-8,13H,6H2,1-5H3,(H,17,18)(H,19,20). The summed E-state index contributed by atoms with van der Waals surface area (Å²) in [5.74, 6) is -0.856. The predicted octanol–water partition coefficient (Wildman–Crippen LogP) is 2.82. The molecule has 0 aromatic carbocycles. The van der Waals surface area contributed by atoms with E-state index >= 15 is 0 Å². The molecule has 0 aliphatic heterocycles. The molecular formula is C15H22FN3O. The van der Waals surface area contributed by atoms with Gasteiger partial charge in [0.15, 0.2) is 11.6 Å². The minimum Gasteiger partial charge on any atom is -0.368 e. The Hall–Kier alpha value is -1.65. The van der Waals surface area contributed by atoms with E-state index in [1.165, 1.54) is 12.3 Å². The lowest BCUT2D eigenvalue weighted by Gasteiger charge is -2.10. The highest BCUT2D eigenvalue weighted by atomic mass is 19.1. The van der Waals surface area contributed by atoms with Crippen LogP contribution in [-0.4, -0.2) is 23.5 Å². The molecule has 1 amide bonds. The van der Waals surface area contributed by atoms with Crippen molar-refractivity contribution in [3.8, 4) is 0 Å². The number of nitrogens with zero attached hydrogens (tertiary/aromatic N) is 1. The third-order valence-electron chi connectivity index (χ3n) is 4.77. The molecule has 1 fully saturated rings. The number of rotatable bonds is 4. The van der Waals surface area contributed by atoms with Crippen LogP contribution in [0.15, 0.2) is 12.3 Å². The van der Waals surface area contributed by atoms with E-state index in [9.17, 15) is 9.18 Å². The minimum absolute atomic E-state index is 0.0245. The first-order valence-electron chi connectivity index (χ1n) is 6.92. The number of nitrogens with one attached hydrogen (secondary N) is 2. The molecule has 1 saturated carbocycles. The summed E-state index contributed by atoms with van der Waals surface area (Å²) in [6.45, 7) is 10.8. The fourth-order valence-electron chi connectivity index (χ4n) is 2.68. The van der Waals surface area contributed by atoms with Crippen molar-refractivity contribution in [3.63, 3.8) is 0 Å². The highest BCUT2D eigenvalue weighted by Gasteiger charge is 2.65. The number of halogens is 1. The van der Waals surface area contributed by atoms with E-state index in [4.69, 9.17) is 0 Å². The van der Waals surface area contributed by atoms with Crippen molar-refractivity contribution >= 4 is 11.7 Å². The second-order valence-electron chi connectivity index (χ2n) is 6.40. The Labute approximate surface area is 119 Å². The van der Waals surface area contributed by atoms with E-state index in [0.717, 1.165) is 0 Å². The van der Waals surface area contributed by atoms with Crippen molar-refractivity contribution in [2.45, 2.75) is 40.7 Å². The molecule has 4 nitrogen and oxygen atoms in total. The van der Waals surface area contributed by atoms with Crippen LogP contribution >= 0.6 is 0 Å². The smallest absolute Gasteiger partial charge is 0.254 e. The van der Waals surface area contributed by atoms with Crippen molar-refractivity contribution in [1.82, 2.24) is 10.3 Å². The van der Waals surface area contributed by atoms with Gasteiger partial charge in [0.25, 0.3) is 5.91 Å². The lowest BCUT2D eigenvalue weighted by molar-refractivity contribution is 0.0939. The van der Waals surface area contributed by atoms with Gasteiger partial charge >= 0.3 is 0 Å². The van der Waals surface area contributed by atoms with Gasteiger partial charge < -0.3 is 10.6 Å². The zero-order valence-electron chi connectivity index (χ0n) is 12.7. The number of carbonyl (C=O) groups excluding carboxylic acids is 1. The summed E-state index contributed by atoms with van der Waals surface area (Å²) in [5.41, 5.74) is 0.0855. The summed E-state index contributed by atoms with van der Waals surface area (Å²) >= 11 is 0. The average Bonchev–Trinajstić information content (AvgIpc) is 2.74. The molecule has 0 spiro atoms. The Morgan fingerprint density at radius 2 is 1.95 bits per heavy atom. The van der Waals surface area contributed by atoms with E-state index in [2.05, 4.69) is 43.3 Å². The Morgan fingerprint density at radius 3 is 2.45 bits per heavy atom. The third kappa shape index (κ3) is 2.15. The first kappa shape index (κ1) is 14.8. The van der Waals surface area contributed by atoms with Crippen LogP contribution < -0.4 is 10.6 Å². The maximum atomic E-state index is 14.2. The van der Waals surface area contributed by atoms with Gasteiger partial charge in [-0.15, -0.1) is 0 Å². The summed E-state index contributed by atoms with van der Waals surface area (Å²) in [5, 5.41) is 5.73. The van der Waals surface area contributed by atoms with Crippen LogP contribution in [0.4, 0.5) is 10.2 Å². The number of hydrogen-bond donors (Lipinski definition) is 2. The maximum absolute atomic E-state index is 14.2. The number of hydrogen-bond acceptors (Lipinski definition) is 3. The zero-order valence-corrected chi connectivity index (χ0v) is 12.7. The van der Waals surface area contributed by atoms with Crippen LogP contribution in [-0.2, 0) is 0 Å². The highest BCUT2D eigenvalue weighted by molar-refractivity contribution is 5.95. The fraction of sp³-hybridized carbons (Fsp3) is 0.600. The predicted molar refractivity (Wildman–Crippen MR) is 77.2 cm³/mol. The van der Waals surface area contributed by atoms with Gasteiger partial charge in [-0.2, -0.15) is 0 Å². The van der Waals surface area contributed by atoms with Crippen LogP contribution in [0, 0.1) is 16.6 Å². The molecule has 0 radical (unpaired) electrons. The average molecular weight is 279 g/mol. The van der Waals surface area contributed by atoms with Crippen LogP contribution in [0.25, 0.3) is 0 Å². The van der Waals surface area contributed by atoms with E-state index in [0.29, 0.717) is 6.54 Å². The third-order valence-corrected chi connectivity index (χ3v) is 4.77. The molecule has 1 aromatic rings. The van der Waals surface area contributed by atoms with Gasteiger partial charge in [0.1, 0.15) is 0 Å². The van der Waals surface area contributed by atoms with Gasteiger partial charge in [-0.05, 0) is 23.8 Å². The first-order valence-corrected chi connectivity index (χ1v) is 6.92. The summed E-state index contributed by atoms with van der Waals surface area (Å²) in [6, 6.07) is 1.46. The van der Waals surface area contributed by atoms with E-state index in [1.54, 1.807) is 0 Å². The number of aromatic nitrogens is 1. The van der Waals surface area contributed by atoms with Gasteiger partial charge in [0, 0.05) is 18.8 Å². The molecule has 2 N–H and O–H groups in total. The molecule has 0 atom stereocenters. The lowest BCUT2D eigenvalue weighted by Crippen LogP contribution is -2.30. The fourth-order valence-corrected chi connectivity index (χ4v) is 2.68. The lowest BCUT2D eigenvalue weighted by atomic mass is 10.0. The molecule has 1 heterocycles. The Bertz CT molecular complexity index is 526. The van der Waals surface area contributed by atoms with Crippen molar-refractivity contribution in [2.75, 3.05) is 11.9 Å². The molecule has 110 valence electrons. The van der Waals surface area contributed by atoms with E-state index in [-0.39, 0.29) is 34.2 Å². The Balaban J connectivity index is 2.17. The molecule has 2 rings (SSSR count). The molecule has 1 aliphatic carbocycles. The summed E-state index contributed by atoms with van der Waals surface area (Å²) < 4.78 is 14.2. The number of pyridine rings is 1. The summed E-state index contributed by atoms with van der Waals surface area (Å²) in [6.07, 6.45) is 1.44. The van der Waals surface area contributed by atoms with Crippen molar-refractivity contribution in [2.24, 2.45) is 10.8 Å². The molecular weight excluding hydrogens is 257 g/mol. The van der Waals surface area contributed by atoms with Crippen molar-refractivity contribution < 1.29 is 9.18 Å². The molecule has 0 bridgehead atoms. The van der Waals surface area contributed by atoms with E-state index < -0.39 is 5.82 Å². The van der Waals surface area contributed by atoms with Gasteiger partial charge in [0.2, 0.25) is 0 Å². The van der Waals surface area contributed by atoms with Crippen LogP contribution in [0.5, 0.6) is 0 Å². The monoisotopic (exact) mass is 279 g/mol. The highest BCUT2D eigenvalue weighted by Crippen LogP contribution is 2.62. The Kier molecular flexibility index (Phi) is 3.48. The number of anilines is 1. The minimum atomic E-state index is -0.594. The molecule has 1 aliphatic rings.